The Kier molecular flexibility index (Phi) is 5.25. The van der Waals surface area contributed by atoms with Gasteiger partial charge < -0.3 is 4.74 Å². The molecule has 1 atom stereocenters. The Bertz CT molecular complexity index is 583. The number of hydrazine groups is 1. The van der Waals surface area contributed by atoms with E-state index in [0.29, 0.717) is 6.61 Å². The lowest BCUT2D eigenvalue weighted by Crippen LogP contribution is -2.30. The summed E-state index contributed by atoms with van der Waals surface area (Å²) < 4.78 is 5.47. The molecule has 112 valence electrons. The summed E-state index contributed by atoms with van der Waals surface area (Å²) in [5, 5.41) is 8.39. The molecule has 1 aromatic carbocycles. The molecule has 2 rings (SSSR count). The van der Waals surface area contributed by atoms with Gasteiger partial charge in [0.25, 0.3) is 0 Å². The second kappa shape index (κ2) is 7.15. The molecule has 21 heavy (non-hydrogen) atoms. The molecular formula is C16H22N4O. The Morgan fingerprint density at radius 1 is 1.19 bits per heavy atom. The van der Waals surface area contributed by atoms with Gasteiger partial charge in [0.1, 0.15) is 5.75 Å². The van der Waals surface area contributed by atoms with E-state index >= 15 is 0 Å². The van der Waals surface area contributed by atoms with Crippen LogP contribution >= 0.6 is 0 Å². The summed E-state index contributed by atoms with van der Waals surface area (Å²) in [7, 11) is 0. The van der Waals surface area contributed by atoms with Crippen LogP contribution in [0, 0.1) is 6.92 Å². The number of aryl methyl sites for hydroxylation is 2. The average molecular weight is 286 g/mol. The van der Waals surface area contributed by atoms with Gasteiger partial charge in [-0.05, 0) is 44.0 Å². The Balaban J connectivity index is 2.37. The van der Waals surface area contributed by atoms with Crippen LogP contribution in [0.5, 0.6) is 5.75 Å². The number of hydrogen-bond donors (Lipinski definition) is 2. The maximum Gasteiger partial charge on any atom is 0.119 e. The predicted molar refractivity (Wildman–Crippen MR) is 82.9 cm³/mol. The van der Waals surface area contributed by atoms with Crippen LogP contribution in [0.3, 0.4) is 0 Å². The molecule has 0 radical (unpaired) electrons. The lowest BCUT2D eigenvalue weighted by Gasteiger charge is -2.19. The highest BCUT2D eigenvalue weighted by atomic mass is 16.5. The number of aromatic nitrogens is 2. The summed E-state index contributed by atoms with van der Waals surface area (Å²) in [5.41, 5.74) is 6.86. The number of ether oxygens (including phenoxy) is 1. The van der Waals surface area contributed by atoms with Crippen LogP contribution in [-0.4, -0.2) is 16.8 Å². The van der Waals surface area contributed by atoms with Crippen molar-refractivity contribution in [1.82, 2.24) is 15.6 Å². The van der Waals surface area contributed by atoms with Crippen molar-refractivity contribution in [2.24, 2.45) is 5.84 Å². The predicted octanol–water partition coefficient (Wildman–Crippen LogP) is 2.30. The summed E-state index contributed by atoms with van der Waals surface area (Å²) in [6.45, 7) is 6.62. The van der Waals surface area contributed by atoms with Crippen molar-refractivity contribution in [2.75, 3.05) is 6.61 Å². The van der Waals surface area contributed by atoms with E-state index in [9.17, 15) is 0 Å². The number of benzene rings is 1. The van der Waals surface area contributed by atoms with Gasteiger partial charge in [-0.3, -0.25) is 5.84 Å². The zero-order chi connectivity index (χ0) is 15.2. The maximum absolute atomic E-state index is 5.78. The third-order valence-electron chi connectivity index (χ3n) is 3.36. The van der Waals surface area contributed by atoms with Crippen LogP contribution in [0.4, 0.5) is 0 Å². The molecule has 0 spiro atoms. The second-order valence-electron chi connectivity index (χ2n) is 4.84. The van der Waals surface area contributed by atoms with Crippen molar-refractivity contribution in [3.63, 3.8) is 0 Å². The minimum atomic E-state index is -0.107. The number of hydrogen-bond acceptors (Lipinski definition) is 5. The highest BCUT2D eigenvalue weighted by Crippen LogP contribution is 2.25. The molecule has 0 amide bonds. The van der Waals surface area contributed by atoms with E-state index in [0.717, 1.165) is 34.7 Å². The quantitative estimate of drug-likeness (QED) is 0.629. The fraction of sp³-hybridized carbons (Fsp3) is 0.375. The van der Waals surface area contributed by atoms with Gasteiger partial charge >= 0.3 is 0 Å². The van der Waals surface area contributed by atoms with E-state index in [2.05, 4.69) is 22.5 Å². The molecule has 1 unspecified atom stereocenters. The van der Waals surface area contributed by atoms with E-state index in [1.54, 1.807) is 0 Å². The first-order chi connectivity index (χ1) is 10.2. The van der Waals surface area contributed by atoms with Crippen molar-refractivity contribution >= 4 is 0 Å². The first-order valence-corrected chi connectivity index (χ1v) is 7.21. The van der Waals surface area contributed by atoms with Crippen molar-refractivity contribution in [3.8, 4) is 5.75 Å². The standard InChI is InChI=1S/C16H22N4O/c1-4-15-14(10-11(3)19-20-15)16(18-17)12-6-8-13(9-7-12)21-5-2/h6-10,16,18H,4-5,17H2,1-3H3. The average Bonchev–Trinajstić information content (AvgIpc) is 2.50. The second-order valence-corrected chi connectivity index (χ2v) is 4.84. The molecule has 2 aromatic rings. The highest BCUT2D eigenvalue weighted by Gasteiger charge is 2.17. The van der Waals surface area contributed by atoms with E-state index in [1.807, 2.05) is 44.2 Å². The van der Waals surface area contributed by atoms with Crippen LogP contribution in [0.2, 0.25) is 0 Å². The number of nitrogens with two attached hydrogens (primary N) is 1. The van der Waals surface area contributed by atoms with Crippen LogP contribution < -0.4 is 16.0 Å². The summed E-state index contributed by atoms with van der Waals surface area (Å²) in [4.78, 5) is 0. The van der Waals surface area contributed by atoms with E-state index in [4.69, 9.17) is 10.6 Å². The largest absolute Gasteiger partial charge is 0.494 e. The first-order valence-electron chi connectivity index (χ1n) is 7.21. The Labute approximate surface area is 125 Å². The Hall–Kier alpha value is -1.98. The fourth-order valence-electron chi connectivity index (χ4n) is 2.35. The molecule has 0 aliphatic rings. The van der Waals surface area contributed by atoms with Crippen LogP contribution in [0.1, 0.15) is 42.4 Å². The third kappa shape index (κ3) is 3.56. The van der Waals surface area contributed by atoms with Gasteiger partial charge in [-0.15, -0.1) is 0 Å². The van der Waals surface area contributed by atoms with E-state index in [1.165, 1.54) is 0 Å². The first kappa shape index (κ1) is 15.4. The summed E-state index contributed by atoms with van der Waals surface area (Å²) in [6.07, 6.45) is 0.817. The molecule has 0 bridgehead atoms. The fourth-order valence-corrected chi connectivity index (χ4v) is 2.35. The molecule has 0 aliphatic heterocycles. The minimum absolute atomic E-state index is 0.107. The van der Waals surface area contributed by atoms with Gasteiger partial charge in [-0.2, -0.15) is 10.2 Å². The van der Waals surface area contributed by atoms with Gasteiger partial charge in [-0.25, -0.2) is 5.43 Å². The molecule has 5 nitrogen and oxygen atoms in total. The molecular weight excluding hydrogens is 264 g/mol. The normalized spacial score (nSPS) is 12.2. The van der Waals surface area contributed by atoms with Crippen molar-refractivity contribution < 1.29 is 4.74 Å². The summed E-state index contributed by atoms with van der Waals surface area (Å²) in [5.74, 6) is 6.64. The number of nitrogens with zero attached hydrogens (tertiary/aromatic N) is 2. The van der Waals surface area contributed by atoms with Crippen molar-refractivity contribution in [1.29, 1.82) is 0 Å². The molecule has 0 saturated heterocycles. The minimum Gasteiger partial charge on any atom is -0.494 e. The number of rotatable bonds is 6. The third-order valence-corrected chi connectivity index (χ3v) is 3.36. The SMILES string of the molecule is CCOc1ccc(C(NN)c2cc(C)nnc2CC)cc1. The Morgan fingerprint density at radius 3 is 2.48 bits per heavy atom. The molecule has 5 heteroatoms. The molecule has 3 N–H and O–H groups in total. The van der Waals surface area contributed by atoms with Crippen molar-refractivity contribution in [3.05, 3.63) is 52.8 Å². The van der Waals surface area contributed by atoms with Gasteiger partial charge in [0.05, 0.1) is 24.0 Å². The van der Waals surface area contributed by atoms with Gasteiger partial charge in [0.15, 0.2) is 0 Å². The van der Waals surface area contributed by atoms with E-state index in [-0.39, 0.29) is 6.04 Å². The Morgan fingerprint density at radius 2 is 1.90 bits per heavy atom. The maximum atomic E-state index is 5.78. The summed E-state index contributed by atoms with van der Waals surface area (Å²) >= 11 is 0. The van der Waals surface area contributed by atoms with Crippen molar-refractivity contribution in [2.45, 2.75) is 33.2 Å². The molecule has 0 saturated carbocycles. The highest BCUT2D eigenvalue weighted by molar-refractivity contribution is 5.37. The molecule has 0 fully saturated rings. The lowest BCUT2D eigenvalue weighted by molar-refractivity contribution is 0.340. The smallest absolute Gasteiger partial charge is 0.119 e. The van der Waals surface area contributed by atoms with Gasteiger partial charge in [-0.1, -0.05) is 19.1 Å². The van der Waals surface area contributed by atoms with Crippen LogP contribution in [-0.2, 0) is 6.42 Å². The molecule has 0 aliphatic carbocycles. The topological polar surface area (TPSA) is 73.1 Å². The number of nitrogens with one attached hydrogen (secondary N) is 1. The summed E-state index contributed by atoms with van der Waals surface area (Å²) in [6, 6.07) is 9.87. The lowest BCUT2D eigenvalue weighted by atomic mass is 9.97. The molecule has 1 aromatic heterocycles. The van der Waals surface area contributed by atoms with Gasteiger partial charge in [0, 0.05) is 5.56 Å². The zero-order valence-electron chi connectivity index (χ0n) is 12.8. The van der Waals surface area contributed by atoms with Gasteiger partial charge in [0.2, 0.25) is 0 Å². The van der Waals surface area contributed by atoms with E-state index < -0.39 is 0 Å². The molecule has 1 heterocycles. The van der Waals surface area contributed by atoms with Crippen LogP contribution in [0.25, 0.3) is 0 Å². The van der Waals surface area contributed by atoms with Crippen LogP contribution in [0.15, 0.2) is 30.3 Å². The monoisotopic (exact) mass is 286 g/mol. The zero-order valence-corrected chi connectivity index (χ0v) is 12.8.